The molecular formula is C23H23F3N4O. The van der Waals surface area contributed by atoms with Crippen LogP contribution in [0.25, 0.3) is 22.5 Å². The van der Waals surface area contributed by atoms with E-state index in [1.807, 2.05) is 36.4 Å². The maximum atomic E-state index is 12.8. The van der Waals surface area contributed by atoms with E-state index in [-0.39, 0.29) is 5.92 Å². The zero-order valence-corrected chi connectivity index (χ0v) is 17.1. The zero-order valence-electron chi connectivity index (χ0n) is 17.1. The highest BCUT2D eigenvalue weighted by molar-refractivity contribution is 5.69. The van der Waals surface area contributed by atoms with Gasteiger partial charge in [-0.05, 0) is 55.8 Å². The molecule has 0 N–H and O–H groups in total. The van der Waals surface area contributed by atoms with Crippen LogP contribution in [0.3, 0.4) is 0 Å². The summed E-state index contributed by atoms with van der Waals surface area (Å²) in [6.45, 7) is -0.0961. The molecule has 1 fully saturated rings. The number of benzene rings is 1. The lowest BCUT2D eigenvalue weighted by atomic mass is 9.88. The zero-order chi connectivity index (χ0) is 21.8. The van der Waals surface area contributed by atoms with Gasteiger partial charge in [-0.1, -0.05) is 12.1 Å². The van der Waals surface area contributed by atoms with E-state index < -0.39 is 12.7 Å². The highest BCUT2D eigenvalue weighted by Crippen LogP contribution is 2.36. The van der Waals surface area contributed by atoms with Crippen LogP contribution < -0.4 is 4.74 Å². The van der Waals surface area contributed by atoms with Gasteiger partial charge in [0.15, 0.2) is 5.82 Å². The van der Waals surface area contributed by atoms with Gasteiger partial charge in [0.25, 0.3) is 0 Å². The third-order valence-corrected chi connectivity index (χ3v) is 5.51. The number of piperidine rings is 1. The van der Waals surface area contributed by atoms with Crippen molar-refractivity contribution in [3.05, 3.63) is 60.7 Å². The molecule has 162 valence electrons. The quantitative estimate of drug-likeness (QED) is 0.575. The summed E-state index contributed by atoms with van der Waals surface area (Å²) in [4.78, 5) is 14.9. The van der Waals surface area contributed by atoms with E-state index >= 15 is 0 Å². The molecule has 0 amide bonds. The molecule has 1 aliphatic rings. The van der Waals surface area contributed by atoms with Crippen LogP contribution in [0.2, 0.25) is 0 Å². The Morgan fingerprint density at radius 3 is 2.48 bits per heavy atom. The third kappa shape index (κ3) is 5.19. The Bertz CT molecular complexity index is 1020. The van der Waals surface area contributed by atoms with E-state index in [1.165, 1.54) is 4.90 Å². The lowest BCUT2D eigenvalue weighted by Crippen LogP contribution is -2.39. The monoisotopic (exact) mass is 428 g/mol. The van der Waals surface area contributed by atoms with Crippen molar-refractivity contribution in [1.29, 1.82) is 0 Å². The fourth-order valence-electron chi connectivity index (χ4n) is 3.98. The number of methoxy groups -OCH3 is 1. The minimum absolute atomic E-state index is 0.0503. The summed E-state index contributed by atoms with van der Waals surface area (Å²) in [5.74, 6) is 1.36. The largest absolute Gasteiger partial charge is 0.497 e. The van der Waals surface area contributed by atoms with E-state index in [0.717, 1.165) is 28.1 Å². The first kappa shape index (κ1) is 21.2. The SMILES string of the molecule is COc1cccc(-c2cnc(-c3ccncc3)nc2C2CCN(CC(F)(F)F)CC2)c1. The molecule has 8 heteroatoms. The lowest BCUT2D eigenvalue weighted by molar-refractivity contribution is -0.147. The second-order valence-electron chi connectivity index (χ2n) is 7.63. The fourth-order valence-corrected chi connectivity index (χ4v) is 3.98. The predicted octanol–water partition coefficient (Wildman–Crippen LogP) is 4.96. The van der Waals surface area contributed by atoms with Gasteiger partial charge in [-0.3, -0.25) is 9.88 Å². The molecule has 3 heterocycles. The Kier molecular flexibility index (Phi) is 6.18. The summed E-state index contributed by atoms with van der Waals surface area (Å²) in [7, 11) is 1.61. The van der Waals surface area contributed by atoms with Gasteiger partial charge in [0.1, 0.15) is 5.75 Å². The van der Waals surface area contributed by atoms with Crippen molar-refractivity contribution in [3.8, 4) is 28.3 Å². The molecule has 4 rings (SSSR count). The van der Waals surface area contributed by atoms with E-state index in [0.29, 0.717) is 31.8 Å². The molecule has 31 heavy (non-hydrogen) atoms. The number of nitrogens with zero attached hydrogens (tertiary/aromatic N) is 4. The number of likely N-dealkylation sites (tertiary alicyclic amines) is 1. The van der Waals surface area contributed by atoms with Crippen LogP contribution in [0.5, 0.6) is 5.75 Å². The smallest absolute Gasteiger partial charge is 0.401 e. The molecule has 2 aromatic heterocycles. The van der Waals surface area contributed by atoms with Crippen molar-refractivity contribution in [2.24, 2.45) is 0 Å². The van der Waals surface area contributed by atoms with Crippen LogP contribution in [-0.4, -0.2) is 52.8 Å². The molecule has 0 spiro atoms. The van der Waals surface area contributed by atoms with Crippen LogP contribution in [0.1, 0.15) is 24.5 Å². The highest BCUT2D eigenvalue weighted by atomic mass is 19.4. The molecule has 0 saturated carbocycles. The van der Waals surface area contributed by atoms with Gasteiger partial charge in [0.05, 0.1) is 19.3 Å². The average molecular weight is 428 g/mol. The maximum absolute atomic E-state index is 12.8. The Labute approximate surface area is 178 Å². The van der Waals surface area contributed by atoms with Crippen molar-refractivity contribution < 1.29 is 17.9 Å². The standard InChI is InChI=1S/C23H23F3N4O/c1-31-19-4-2-3-18(13-19)20-14-28-22(17-5-9-27-10-6-17)29-21(20)16-7-11-30(12-8-16)15-23(24,25)26/h2-6,9-10,13-14,16H,7-8,11-12,15H2,1H3. The van der Waals surface area contributed by atoms with Gasteiger partial charge in [0, 0.05) is 35.6 Å². The summed E-state index contributed by atoms with van der Waals surface area (Å²) in [5, 5.41) is 0. The molecule has 1 aliphatic heterocycles. The summed E-state index contributed by atoms with van der Waals surface area (Å²) in [6, 6.07) is 11.3. The number of rotatable bonds is 5. The molecule has 1 saturated heterocycles. The van der Waals surface area contributed by atoms with Gasteiger partial charge < -0.3 is 4.74 Å². The molecule has 1 aromatic carbocycles. The minimum atomic E-state index is -4.18. The number of alkyl halides is 3. The van der Waals surface area contributed by atoms with Crippen LogP contribution >= 0.6 is 0 Å². The first-order valence-electron chi connectivity index (χ1n) is 10.1. The van der Waals surface area contributed by atoms with Crippen molar-refractivity contribution in [1.82, 2.24) is 19.9 Å². The number of halogens is 3. The van der Waals surface area contributed by atoms with E-state index in [9.17, 15) is 13.2 Å². The highest BCUT2D eigenvalue weighted by Gasteiger charge is 2.33. The molecular weight excluding hydrogens is 405 g/mol. The Hall–Kier alpha value is -3.00. The Morgan fingerprint density at radius 2 is 1.81 bits per heavy atom. The summed E-state index contributed by atoms with van der Waals surface area (Å²) in [5.41, 5.74) is 3.52. The van der Waals surface area contributed by atoms with Crippen molar-refractivity contribution >= 4 is 0 Å². The summed E-state index contributed by atoms with van der Waals surface area (Å²) >= 11 is 0. The second kappa shape index (κ2) is 9.01. The van der Waals surface area contributed by atoms with E-state index in [2.05, 4.69) is 9.97 Å². The number of hydrogen-bond acceptors (Lipinski definition) is 5. The Morgan fingerprint density at radius 1 is 1.06 bits per heavy atom. The van der Waals surface area contributed by atoms with Crippen LogP contribution in [0.15, 0.2) is 55.0 Å². The van der Waals surface area contributed by atoms with Gasteiger partial charge in [-0.25, -0.2) is 9.97 Å². The molecule has 0 unspecified atom stereocenters. The summed E-state index contributed by atoms with van der Waals surface area (Å²) in [6.07, 6.45) is 2.21. The second-order valence-corrected chi connectivity index (χ2v) is 7.63. The molecule has 5 nitrogen and oxygen atoms in total. The minimum Gasteiger partial charge on any atom is -0.497 e. The molecule has 0 radical (unpaired) electrons. The first-order valence-corrected chi connectivity index (χ1v) is 10.1. The lowest BCUT2D eigenvalue weighted by Gasteiger charge is -2.32. The molecule has 0 aliphatic carbocycles. The van der Waals surface area contributed by atoms with E-state index in [1.54, 1.807) is 25.7 Å². The van der Waals surface area contributed by atoms with Gasteiger partial charge >= 0.3 is 6.18 Å². The molecule has 3 aromatic rings. The fraction of sp³-hybridized carbons (Fsp3) is 0.348. The van der Waals surface area contributed by atoms with Crippen LogP contribution in [-0.2, 0) is 0 Å². The van der Waals surface area contributed by atoms with Crippen molar-refractivity contribution in [2.75, 3.05) is 26.7 Å². The molecule has 0 bridgehead atoms. The topological polar surface area (TPSA) is 51.1 Å². The van der Waals surface area contributed by atoms with Crippen LogP contribution in [0, 0.1) is 0 Å². The van der Waals surface area contributed by atoms with Gasteiger partial charge in [-0.15, -0.1) is 0 Å². The normalized spacial score (nSPS) is 15.7. The average Bonchev–Trinajstić information content (AvgIpc) is 2.79. The number of hydrogen-bond donors (Lipinski definition) is 0. The number of ether oxygens (including phenoxy) is 1. The van der Waals surface area contributed by atoms with Crippen LogP contribution in [0.4, 0.5) is 13.2 Å². The number of pyridine rings is 1. The number of aromatic nitrogens is 3. The maximum Gasteiger partial charge on any atom is 0.401 e. The Balaban J connectivity index is 1.68. The summed E-state index contributed by atoms with van der Waals surface area (Å²) < 4.78 is 43.7. The van der Waals surface area contributed by atoms with E-state index in [4.69, 9.17) is 9.72 Å². The van der Waals surface area contributed by atoms with Gasteiger partial charge in [0.2, 0.25) is 0 Å². The molecule has 0 atom stereocenters. The predicted molar refractivity (Wildman–Crippen MR) is 112 cm³/mol. The van der Waals surface area contributed by atoms with Crippen molar-refractivity contribution in [3.63, 3.8) is 0 Å². The third-order valence-electron chi connectivity index (χ3n) is 5.51. The van der Waals surface area contributed by atoms with Crippen molar-refractivity contribution in [2.45, 2.75) is 24.9 Å². The first-order chi connectivity index (χ1) is 14.9. The van der Waals surface area contributed by atoms with Gasteiger partial charge in [-0.2, -0.15) is 13.2 Å².